The molecule has 0 saturated carbocycles. The zero-order valence-corrected chi connectivity index (χ0v) is 16.7. The molecule has 0 aliphatic rings. The highest BCUT2D eigenvalue weighted by Crippen LogP contribution is 2.25. The zero-order chi connectivity index (χ0) is 20.2. The van der Waals surface area contributed by atoms with Crippen LogP contribution in [0.25, 0.3) is 0 Å². The van der Waals surface area contributed by atoms with E-state index in [1.165, 1.54) is 0 Å². The van der Waals surface area contributed by atoms with E-state index < -0.39 is 0 Å². The molecule has 3 aromatic carbocycles. The summed E-state index contributed by atoms with van der Waals surface area (Å²) in [5.41, 5.74) is 1.07. The lowest BCUT2D eigenvalue weighted by atomic mass is 10.2. The van der Waals surface area contributed by atoms with Crippen LogP contribution in [0, 0.1) is 0 Å². The van der Waals surface area contributed by atoms with Gasteiger partial charge in [-0.3, -0.25) is 0 Å². The molecule has 29 heavy (non-hydrogen) atoms. The van der Waals surface area contributed by atoms with E-state index in [-0.39, 0.29) is 0 Å². The number of hydrogen-bond donors (Lipinski definition) is 1. The Hall–Kier alpha value is -3.18. The molecular weight excluding hydrogens is 366 g/mol. The van der Waals surface area contributed by atoms with Gasteiger partial charge in [0, 0.05) is 18.2 Å². The molecule has 0 fully saturated rings. The molecule has 0 bridgehead atoms. The Kier molecular flexibility index (Phi) is 8.23. The van der Waals surface area contributed by atoms with E-state index in [9.17, 15) is 0 Å². The van der Waals surface area contributed by atoms with E-state index in [1.54, 1.807) is 0 Å². The predicted octanol–water partition coefficient (Wildman–Crippen LogP) is 4.32. The van der Waals surface area contributed by atoms with Crippen molar-refractivity contribution in [3.05, 3.63) is 84.4 Å². The first kappa shape index (κ1) is 20.6. The molecule has 0 unspecified atom stereocenters. The third-order valence-electron chi connectivity index (χ3n) is 4.12. The van der Waals surface area contributed by atoms with Gasteiger partial charge in [-0.25, -0.2) is 0 Å². The summed E-state index contributed by atoms with van der Waals surface area (Å²) >= 11 is 0. The van der Waals surface area contributed by atoms with Gasteiger partial charge in [0.15, 0.2) is 0 Å². The van der Waals surface area contributed by atoms with Crippen molar-refractivity contribution in [2.45, 2.75) is 6.54 Å². The SMILES string of the molecule is CNCc1ccc(OCCOc2ccccc2)cc1OCCOc1ccccc1. The fourth-order valence-corrected chi connectivity index (χ4v) is 2.76. The maximum Gasteiger partial charge on any atom is 0.127 e. The molecule has 0 saturated heterocycles. The van der Waals surface area contributed by atoms with Crippen LogP contribution in [0.15, 0.2) is 78.9 Å². The van der Waals surface area contributed by atoms with Crippen molar-refractivity contribution >= 4 is 0 Å². The molecular formula is C24H27NO4. The van der Waals surface area contributed by atoms with E-state index in [2.05, 4.69) is 5.32 Å². The van der Waals surface area contributed by atoms with Crippen molar-refractivity contribution in [3.8, 4) is 23.0 Å². The molecule has 0 heterocycles. The summed E-state index contributed by atoms with van der Waals surface area (Å²) in [6.45, 7) is 2.57. The van der Waals surface area contributed by atoms with Gasteiger partial charge < -0.3 is 24.3 Å². The Labute approximate surface area is 172 Å². The molecule has 0 aromatic heterocycles. The Bertz CT molecular complexity index is 840. The summed E-state index contributed by atoms with van der Waals surface area (Å²) in [5, 5.41) is 3.16. The van der Waals surface area contributed by atoms with Crippen LogP contribution in [0.1, 0.15) is 5.56 Å². The average Bonchev–Trinajstić information content (AvgIpc) is 2.77. The number of nitrogens with one attached hydrogen (secondary N) is 1. The zero-order valence-electron chi connectivity index (χ0n) is 16.7. The molecule has 0 atom stereocenters. The second kappa shape index (κ2) is 11.6. The van der Waals surface area contributed by atoms with E-state index >= 15 is 0 Å². The van der Waals surface area contributed by atoms with Crippen LogP contribution in [0.3, 0.4) is 0 Å². The first-order valence-corrected chi connectivity index (χ1v) is 9.74. The van der Waals surface area contributed by atoms with Crippen molar-refractivity contribution in [2.24, 2.45) is 0 Å². The van der Waals surface area contributed by atoms with Gasteiger partial charge in [0.1, 0.15) is 49.4 Å². The maximum absolute atomic E-state index is 5.95. The lowest BCUT2D eigenvalue weighted by molar-refractivity contribution is 0.209. The first-order valence-electron chi connectivity index (χ1n) is 9.74. The van der Waals surface area contributed by atoms with Crippen molar-refractivity contribution in [3.63, 3.8) is 0 Å². The minimum Gasteiger partial charge on any atom is -0.490 e. The Morgan fingerprint density at radius 1 is 0.586 bits per heavy atom. The summed E-state index contributed by atoms with van der Waals surface area (Å²) in [6.07, 6.45) is 0. The monoisotopic (exact) mass is 393 g/mol. The van der Waals surface area contributed by atoms with Crippen LogP contribution >= 0.6 is 0 Å². The highest BCUT2D eigenvalue weighted by molar-refractivity contribution is 5.40. The number of rotatable bonds is 12. The van der Waals surface area contributed by atoms with Crippen LogP contribution < -0.4 is 24.3 Å². The second-order valence-electron chi connectivity index (χ2n) is 6.32. The summed E-state index contributed by atoms with van der Waals surface area (Å²) in [7, 11) is 1.91. The van der Waals surface area contributed by atoms with Gasteiger partial charge in [-0.2, -0.15) is 0 Å². The van der Waals surface area contributed by atoms with Gasteiger partial charge in [-0.15, -0.1) is 0 Å². The lowest BCUT2D eigenvalue weighted by Gasteiger charge is -2.14. The van der Waals surface area contributed by atoms with Gasteiger partial charge in [-0.05, 0) is 37.4 Å². The number of hydrogen-bond acceptors (Lipinski definition) is 5. The predicted molar refractivity (Wildman–Crippen MR) is 114 cm³/mol. The van der Waals surface area contributed by atoms with Gasteiger partial charge in [0.25, 0.3) is 0 Å². The normalized spacial score (nSPS) is 10.4. The second-order valence-corrected chi connectivity index (χ2v) is 6.32. The quantitative estimate of drug-likeness (QED) is 0.465. The van der Waals surface area contributed by atoms with E-state index in [0.717, 1.165) is 28.6 Å². The maximum atomic E-state index is 5.95. The molecule has 1 N–H and O–H groups in total. The Morgan fingerprint density at radius 3 is 1.66 bits per heavy atom. The molecule has 0 aliphatic heterocycles. The van der Waals surface area contributed by atoms with Gasteiger partial charge in [0.05, 0.1) is 0 Å². The average molecular weight is 393 g/mol. The topological polar surface area (TPSA) is 49.0 Å². The third-order valence-corrected chi connectivity index (χ3v) is 4.12. The van der Waals surface area contributed by atoms with Crippen molar-refractivity contribution < 1.29 is 18.9 Å². The van der Waals surface area contributed by atoms with Gasteiger partial charge >= 0.3 is 0 Å². The summed E-state index contributed by atoms with van der Waals surface area (Å²) in [4.78, 5) is 0. The number of ether oxygens (including phenoxy) is 4. The molecule has 0 radical (unpaired) electrons. The fraction of sp³-hybridized carbons (Fsp3) is 0.250. The summed E-state index contributed by atoms with van der Waals surface area (Å²) in [6, 6.07) is 25.3. The highest BCUT2D eigenvalue weighted by Gasteiger charge is 2.07. The molecule has 152 valence electrons. The largest absolute Gasteiger partial charge is 0.490 e. The minimum atomic E-state index is 0.451. The molecule has 3 aromatic rings. The Morgan fingerprint density at radius 2 is 1.10 bits per heavy atom. The molecule has 0 amide bonds. The van der Waals surface area contributed by atoms with E-state index in [4.69, 9.17) is 18.9 Å². The van der Waals surface area contributed by atoms with Crippen LogP contribution in [0.5, 0.6) is 23.0 Å². The number of para-hydroxylation sites is 2. The van der Waals surface area contributed by atoms with Gasteiger partial charge in [0.2, 0.25) is 0 Å². The Balaban J connectivity index is 1.48. The van der Waals surface area contributed by atoms with Crippen LogP contribution in [0.2, 0.25) is 0 Å². The summed E-state index contributed by atoms with van der Waals surface area (Å²) in [5.74, 6) is 3.21. The van der Waals surface area contributed by atoms with Crippen molar-refractivity contribution in [2.75, 3.05) is 33.5 Å². The van der Waals surface area contributed by atoms with Crippen LogP contribution in [-0.4, -0.2) is 33.5 Å². The minimum absolute atomic E-state index is 0.451. The van der Waals surface area contributed by atoms with Crippen LogP contribution in [0.4, 0.5) is 0 Å². The molecule has 5 nitrogen and oxygen atoms in total. The van der Waals surface area contributed by atoms with Gasteiger partial charge in [-0.1, -0.05) is 42.5 Å². The standard InChI is InChI=1S/C24H27NO4/c1-25-19-20-12-13-23(28-15-14-26-21-8-4-2-5-9-21)18-24(20)29-17-16-27-22-10-6-3-7-11-22/h2-13,18,25H,14-17,19H2,1H3. The molecule has 3 rings (SSSR count). The lowest BCUT2D eigenvalue weighted by Crippen LogP contribution is -2.13. The van der Waals surface area contributed by atoms with Crippen molar-refractivity contribution in [1.29, 1.82) is 0 Å². The third kappa shape index (κ3) is 7.05. The molecule has 0 spiro atoms. The molecule has 5 heteroatoms. The van der Waals surface area contributed by atoms with Crippen LogP contribution in [-0.2, 0) is 6.54 Å². The first-order chi connectivity index (χ1) is 14.3. The van der Waals surface area contributed by atoms with E-state index in [0.29, 0.717) is 33.0 Å². The van der Waals surface area contributed by atoms with E-state index in [1.807, 2.05) is 85.9 Å². The summed E-state index contributed by atoms with van der Waals surface area (Å²) < 4.78 is 23.1. The number of benzene rings is 3. The molecule has 0 aliphatic carbocycles. The van der Waals surface area contributed by atoms with Crippen molar-refractivity contribution in [1.82, 2.24) is 5.32 Å². The highest BCUT2D eigenvalue weighted by atomic mass is 16.5. The fourth-order valence-electron chi connectivity index (χ4n) is 2.76. The smallest absolute Gasteiger partial charge is 0.127 e.